The molecule has 1 aliphatic rings. The number of nitrogens with zero attached hydrogens (tertiary/aromatic N) is 4. The second-order valence-corrected chi connectivity index (χ2v) is 9.27. The zero-order chi connectivity index (χ0) is 23.3. The van der Waals surface area contributed by atoms with Gasteiger partial charge in [0.15, 0.2) is 0 Å². The van der Waals surface area contributed by atoms with E-state index in [1.807, 2.05) is 17.9 Å². The number of carbonyl (C=O) groups is 1. The van der Waals surface area contributed by atoms with Crippen LogP contribution in [0.4, 0.5) is 0 Å². The van der Waals surface area contributed by atoms with Crippen LogP contribution in [-0.4, -0.2) is 37.8 Å². The summed E-state index contributed by atoms with van der Waals surface area (Å²) in [6, 6.07) is 8.82. The molecule has 5 rings (SSSR count). The second-order valence-electron chi connectivity index (χ2n) is 9.27. The number of amides is 1. The van der Waals surface area contributed by atoms with Crippen LogP contribution in [0.25, 0.3) is 16.7 Å². The molecular formula is C25H27N5O3. The first kappa shape index (κ1) is 21.2. The van der Waals surface area contributed by atoms with Gasteiger partial charge in [0.2, 0.25) is 0 Å². The Balaban J connectivity index is 1.77. The number of rotatable bonds is 3. The van der Waals surface area contributed by atoms with Gasteiger partial charge in [-0.15, -0.1) is 0 Å². The average molecular weight is 446 g/mol. The van der Waals surface area contributed by atoms with E-state index in [2.05, 4.69) is 13.8 Å². The molecule has 5 heterocycles. The van der Waals surface area contributed by atoms with Gasteiger partial charge < -0.3 is 13.9 Å². The van der Waals surface area contributed by atoms with E-state index in [1.54, 1.807) is 41.3 Å². The van der Waals surface area contributed by atoms with Crippen molar-refractivity contribution in [1.29, 1.82) is 5.41 Å². The maximum absolute atomic E-state index is 13.6. The van der Waals surface area contributed by atoms with Crippen LogP contribution in [0.5, 0.6) is 0 Å². The first-order valence-electron chi connectivity index (χ1n) is 11.2. The third-order valence-corrected chi connectivity index (χ3v) is 6.41. The van der Waals surface area contributed by atoms with Crippen molar-refractivity contribution in [3.63, 3.8) is 0 Å². The lowest BCUT2D eigenvalue weighted by molar-refractivity contribution is 0.0620. The van der Waals surface area contributed by atoms with Gasteiger partial charge in [-0.25, -0.2) is 4.98 Å². The summed E-state index contributed by atoms with van der Waals surface area (Å²) in [5, 5.41) is 9.25. The van der Waals surface area contributed by atoms with Crippen LogP contribution in [0.2, 0.25) is 0 Å². The molecule has 0 saturated carbocycles. The third-order valence-electron chi connectivity index (χ3n) is 6.41. The van der Waals surface area contributed by atoms with Gasteiger partial charge in [-0.1, -0.05) is 19.9 Å². The maximum Gasteiger partial charge on any atom is 0.267 e. The normalized spacial score (nSPS) is 18.8. The molecule has 4 aromatic heterocycles. The zero-order valence-corrected chi connectivity index (χ0v) is 19.0. The number of piperidine rings is 1. The number of likely N-dealkylation sites (tertiary alicyclic amines) is 1. The highest BCUT2D eigenvalue weighted by molar-refractivity contribution is 5.97. The molecule has 170 valence electrons. The highest BCUT2D eigenvalue weighted by Crippen LogP contribution is 2.23. The van der Waals surface area contributed by atoms with Crippen LogP contribution in [0.3, 0.4) is 0 Å². The average Bonchev–Trinajstić information content (AvgIpc) is 3.29. The summed E-state index contributed by atoms with van der Waals surface area (Å²) in [5.41, 5.74) is 1.72. The molecule has 1 aliphatic heterocycles. The van der Waals surface area contributed by atoms with Gasteiger partial charge in [-0.3, -0.25) is 19.4 Å². The third kappa shape index (κ3) is 3.65. The van der Waals surface area contributed by atoms with Crippen LogP contribution in [-0.2, 0) is 6.54 Å². The molecule has 0 aromatic carbocycles. The van der Waals surface area contributed by atoms with Gasteiger partial charge in [0.25, 0.3) is 11.5 Å². The number of aromatic nitrogens is 3. The molecule has 1 saturated heterocycles. The molecule has 8 heteroatoms. The number of hydrogen-bond acceptors (Lipinski definition) is 5. The van der Waals surface area contributed by atoms with Crippen molar-refractivity contribution in [2.45, 2.75) is 33.7 Å². The van der Waals surface area contributed by atoms with Crippen LogP contribution in [0, 0.1) is 24.2 Å². The Labute approximate surface area is 190 Å². The van der Waals surface area contributed by atoms with E-state index in [4.69, 9.17) is 14.8 Å². The molecule has 8 nitrogen and oxygen atoms in total. The molecule has 1 N–H and O–H groups in total. The largest absolute Gasteiger partial charge is 0.467 e. The van der Waals surface area contributed by atoms with Gasteiger partial charge in [0, 0.05) is 19.3 Å². The number of pyridine rings is 2. The Morgan fingerprint density at radius 2 is 1.94 bits per heavy atom. The minimum absolute atomic E-state index is 0.0274. The smallest absolute Gasteiger partial charge is 0.267 e. The van der Waals surface area contributed by atoms with E-state index >= 15 is 0 Å². The Kier molecular flexibility index (Phi) is 5.15. The summed E-state index contributed by atoms with van der Waals surface area (Å²) in [5.74, 6) is 1.18. The molecule has 0 radical (unpaired) electrons. The SMILES string of the molecule is Cc1cccn2c(=O)c3cc(C(=O)N4CC(C)CC(C)C4)c(=N)n(Cc4ccco4)c3nc12. The van der Waals surface area contributed by atoms with Crippen LogP contribution in [0.1, 0.15) is 41.9 Å². The van der Waals surface area contributed by atoms with E-state index in [1.165, 1.54) is 4.40 Å². The number of fused-ring (bicyclic) bond motifs is 2. The zero-order valence-electron chi connectivity index (χ0n) is 19.0. The lowest BCUT2D eigenvalue weighted by Gasteiger charge is -2.35. The molecule has 0 bridgehead atoms. The molecule has 1 amide bonds. The van der Waals surface area contributed by atoms with Gasteiger partial charge >= 0.3 is 0 Å². The van der Waals surface area contributed by atoms with Crippen LogP contribution >= 0.6 is 0 Å². The number of hydrogen-bond donors (Lipinski definition) is 1. The Morgan fingerprint density at radius 1 is 1.18 bits per heavy atom. The summed E-state index contributed by atoms with van der Waals surface area (Å²) in [7, 11) is 0. The van der Waals surface area contributed by atoms with Gasteiger partial charge in [-0.05, 0) is 55.0 Å². The van der Waals surface area contributed by atoms with Crippen LogP contribution < -0.4 is 11.0 Å². The fraction of sp³-hybridized carbons (Fsp3) is 0.360. The van der Waals surface area contributed by atoms with Crippen molar-refractivity contribution in [1.82, 2.24) is 18.9 Å². The summed E-state index contributed by atoms with van der Waals surface area (Å²) in [4.78, 5) is 33.6. The fourth-order valence-electron chi connectivity index (χ4n) is 4.97. The minimum atomic E-state index is -0.263. The van der Waals surface area contributed by atoms with E-state index in [0.29, 0.717) is 47.4 Å². The van der Waals surface area contributed by atoms with E-state index in [-0.39, 0.29) is 29.1 Å². The topological polar surface area (TPSA) is 96.6 Å². The van der Waals surface area contributed by atoms with Crippen molar-refractivity contribution >= 4 is 22.6 Å². The number of aryl methyl sites for hydroxylation is 1. The molecule has 1 fully saturated rings. The first-order valence-corrected chi connectivity index (χ1v) is 11.2. The standard InChI is InChI=1S/C25H27N5O3/c1-15-10-16(2)13-28(12-15)24(31)19-11-20-23(30(21(19)26)14-18-7-5-9-33-18)27-22-17(3)6-4-8-29(22)25(20)32/h4-9,11,15-16,26H,10,12-14H2,1-3H3. The highest BCUT2D eigenvalue weighted by atomic mass is 16.3. The molecular weight excluding hydrogens is 418 g/mol. The van der Waals surface area contributed by atoms with Crippen molar-refractivity contribution in [2.24, 2.45) is 11.8 Å². The predicted octanol–water partition coefficient (Wildman–Crippen LogP) is 3.20. The van der Waals surface area contributed by atoms with Gasteiger partial charge in [-0.2, -0.15) is 0 Å². The van der Waals surface area contributed by atoms with Crippen molar-refractivity contribution in [3.8, 4) is 0 Å². The second kappa shape index (κ2) is 8.03. The monoisotopic (exact) mass is 445 g/mol. The molecule has 2 atom stereocenters. The lowest BCUT2D eigenvalue weighted by Crippen LogP contribution is -2.45. The first-order chi connectivity index (χ1) is 15.8. The Hall–Kier alpha value is -3.68. The van der Waals surface area contributed by atoms with Crippen molar-refractivity contribution in [3.05, 3.63) is 75.5 Å². The molecule has 0 aliphatic carbocycles. The van der Waals surface area contributed by atoms with Gasteiger partial charge in [0.1, 0.15) is 22.5 Å². The minimum Gasteiger partial charge on any atom is -0.467 e. The van der Waals surface area contributed by atoms with Crippen molar-refractivity contribution in [2.75, 3.05) is 13.1 Å². The molecule has 4 aromatic rings. The maximum atomic E-state index is 13.6. The molecule has 2 unspecified atom stereocenters. The van der Waals surface area contributed by atoms with E-state index < -0.39 is 0 Å². The summed E-state index contributed by atoms with van der Waals surface area (Å²) in [6.45, 7) is 7.66. The summed E-state index contributed by atoms with van der Waals surface area (Å²) in [6.07, 6.45) is 4.32. The Morgan fingerprint density at radius 3 is 2.64 bits per heavy atom. The summed E-state index contributed by atoms with van der Waals surface area (Å²) < 4.78 is 8.62. The van der Waals surface area contributed by atoms with E-state index in [9.17, 15) is 9.59 Å². The quantitative estimate of drug-likeness (QED) is 0.490. The fourth-order valence-corrected chi connectivity index (χ4v) is 4.97. The number of nitrogens with one attached hydrogen (secondary N) is 1. The summed E-state index contributed by atoms with van der Waals surface area (Å²) >= 11 is 0. The van der Waals surface area contributed by atoms with Crippen molar-refractivity contribution < 1.29 is 9.21 Å². The van der Waals surface area contributed by atoms with E-state index in [0.717, 1.165) is 12.0 Å². The lowest BCUT2D eigenvalue weighted by atomic mass is 9.91. The Bertz CT molecular complexity index is 1470. The molecule has 0 spiro atoms. The van der Waals surface area contributed by atoms with Crippen LogP contribution in [0.15, 0.2) is 52.0 Å². The highest BCUT2D eigenvalue weighted by Gasteiger charge is 2.28. The van der Waals surface area contributed by atoms with Gasteiger partial charge in [0.05, 0.1) is 23.8 Å². The number of furan rings is 1. The predicted molar refractivity (Wildman–Crippen MR) is 124 cm³/mol. The number of carbonyl (C=O) groups excluding carboxylic acids is 1. The molecule has 33 heavy (non-hydrogen) atoms.